The summed E-state index contributed by atoms with van der Waals surface area (Å²) in [5.41, 5.74) is -0.386. The molecule has 0 aromatic carbocycles. The highest BCUT2D eigenvalue weighted by molar-refractivity contribution is 7.16. The summed E-state index contributed by atoms with van der Waals surface area (Å²) in [5, 5.41) is 11.8. The van der Waals surface area contributed by atoms with Crippen molar-refractivity contribution in [1.29, 1.82) is 0 Å². The zero-order valence-corrected chi connectivity index (χ0v) is 13.8. The lowest BCUT2D eigenvalue weighted by atomic mass is 9.90. The molecule has 2 aromatic heterocycles. The molecule has 20 heavy (non-hydrogen) atoms. The van der Waals surface area contributed by atoms with Gasteiger partial charge in [-0.15, -0.1) is 22.7 Å². The number of hydrogen-bond acceptors (Lipinski definition) is 5. The van der Waals surface area contributed by atoms with Crippen molar-refractivity contribution >= 4 is 45.4 Å². The molecule has 2 heterocycles. The summed E-state index contributed by atoms with van der Waals surface area (Å²) in [6, 6.07) is 3.86. The minimum atomic E-state index is -0.970. The first-order chi connectivity index (χ1) is 9.30. The van der Waals surface area contributed by atoms with Gasteiger partial charge in [0.25, 0.3) is 0 Å². The summed E-state index contributed by atoms with van der Waals surface area (Å²) in [6.07, 6.45) is 0. The van der Waals surface area contributed by atoms with Gasteiger partial charge in [0.1, 0.15) is 5.41 Å². The zero-order valence-electron chi connectivity index (χ0n) is 11.4. The Kier molecular flexibility index (Phi) is 4.36. The van der Waals surface area contributed by atoms with Crippen molar-refractivity contribution in [2.24, 2.45) is 0 Å². The minimum Gasteiger partial charge on any atom is -0.481 e. The van der Waals surface area contributed by atoms with E-state index in [0.717, 1.165) is 14.3 Å². The average Bonchev–Trinajstić information content (AvgIpc) is 2.98. The predicted molar refractivity (Wildman–Crippen MR) is 84.2 cm³/mol. The number of nitrogens with zero attached hydrogens (tertiary/aromatic N) is 2. The molecule has 0 aliphatic heterocycles. The van der Waals surface area contributed by atoms with Crippen molar-refractivity contribution < 1.29 is 9.90 Å². The van der Waals surface area contributed by atoms with E-state index in [-0.39, 0.29) is 0 Å². The molecule has 0 amide bonds. The van der Waals surface area contributed by atoms with Gasteiger partial charge in [-0.1, -0.05) is 11.6 Å². The zero-order chi connectivity index (χ0) is 14.9. The van der Waals surface area contributed by atoms with Crippen molar-refractivity contribution in [2.45, 2.75) is 25.8 Å². The quantitative estimate of drug-likeness (QED) is 0.904. The van der Waals surface area contributed by atoms with E-state index in [0.29, 0.717) is 12.2 Å². The Labute approximate surface area is 130 Å². The molecular formula is C13H15ClN2O2S2. The van der Waals surface area contributed by atoms with Crippen molar-refractivity contribution in [3.8, 4) is 0 Å². The maximum absolute atomic E-state index is 11.2. The maximum Gasteiger partial charge on any atom is 0.315 e. The number of aromatic nitrogens is 1. The van der Waals surface area contributed by atoms with Crippen molar-refractivity contribution in [3.63, 3.8) is 0 Å². The molecule has 0 aliphatic rings. The minimum absolute atomic E-state index is 0.584. The number of thiazole rings is 1. The number of carboxylic acids is 1. The molecule has 7 heteroatoms. The lowest BCUT2D eigenvalue weighted by molar-refractivity contribution is -0.142. The van der Waals surface area contributed by atoms with E-state index in [1.165, 1.54) is 22.7 Å². The van der Waals surface area contributed by atoms with Crippen LogP contribution in [-0.2, 0) is 16.8 Å². The van der Waals surface area contributed by atoms with Gasteiger partial charge in [-0.2, -0.15) is 0 Å². The molecular weight excluding hydrogens is 316 g/mol. The lowest BCUT2D eigenvalue weighted by Crippen LogP contribution is -2.29. The fraction of sp³-hybridized carbons (Fsp3) is 0.385. The number of rotatable bonds is 5. The molecule has 0 saturated heterocycles. The second kappa shape index (κ2) is 5.71. The number of halogens is 1. The van der Waals surface area contributed by atoms with Gasteiger partial charge in [-0.25, -0.2) is 4.98 Å². The summed E-state index contributed by atoms with van der Waals surface area (Å²) >= 11 is 8.90. The van der Waals surface area contributed by atoms with Crippen LogP contribution in [0.25, 0.3) is 0 Å². The Morgan fingerprint density at radius 2 is 2.20 bits per heavy atom. The van der Waals surface area contributed by atoms with Crippen LogP contribution in [0.4, 0.5) is 5.13 Å². The van der Waals surface area contributed by atoms with Gasteiger partial charge in [0, 0.05) is 17.3 Å². The molecule has 0 radical (unpaired) electrons. The van der Waals surface area contributed by atoms with Crippen molar-refractivity contribution in [2.75, 3.05) is 11.9 Å². The molecule has 0 fully saturated rings. The Morgan fingerprint density at radius 1 is 1.50 bits per heavy atom. The Balaban J connectivity index is 2.14. The van der Waals surface area contributed by atoms with E-state index in [9.17, 15) is 9.90 Å². The third-order valence-corrected chi connectivity index (χ3v) is 5.19. The van der Waals surface area contributed by atoms with Crippen LogP contribution in [0.2, 0.25) is 4.34 Å². The number of anilines is 1. The highest BCUT2D eigenvalue weighted by atomic mass is 35.5. The van der Waals surface area contributed by atoms with Crippen LogP contribution in [0, 0.1) is 0 Å². The first kappa shape index (κ1) is 15.3. The molecule has 2 rings (SSSR count). The number of carboxylic acid groups (broad SMARTS) is 1. The number of thiophene rings is 1. The molecule has 1 N–H and O–H groups in total. The van der Waals surface area contributed by atoms with E-state index in [1.54, 1.807) is 19.2 Å². The van der Waals surface area contributed by atoms with Gasteiger partial charge in [0.05, 0.1) is 16.6 Å². The highest BCUT2D eigenvalue weighted by Gasteiger charge is 2.32. The summed E-state index contributed by atoms with van der Waals surface area (Å²) in [6.45, 7) is 4.03. The maximum atomic E-state index is 11.2. The van der Waals surface area contributed by atoms with E-state index in [2.05, 4.69) is 4.98 Å². The molecule has 0 aliphatic carbocycles. The van der Waals surface area contributed by atoms with Gasteiger partial charge in [-0.3, -0.25) is 4.79 Å². The van der Waals surface area contributed by atoms with E-state index in [1.807, 2.05) is 24.1 Å². The highest BCUT2D eigenvalue weighted by Crippen LogP contribution is 2.30. The van der Waals surface area contributed by atoms with Gasteiger partial charge >= 0.3 is 5.97 Å². The SMILES string of the molecule is CN(Cc1ccc(Cl)s1)c1nc(C(C)(C)C(=O)O)cs1. The van der Waals surface area contributed by atoms with E-state index in [4.69, 9.17) is 11.6 Å². The summed E-state index contributed by atoms with van der Waals surface area (Å²) < 4.78 is 0.764. The average molecular weight is 331 g/mol. The van der Waals surface area contributed by atoms with E-state index < -0.39 is 11.4 Å². The standard InChI is InChI=1S/C13H15ClN2O2S2/c1-13(2,11(17)18)9-7-19-12(15-9)16(3)6-8-4-5-10(14)20-8/h4-5,7H,6H2,1-3H3,(H,17,18). The van der Waals surface area contributed by atoms with Crippen molar-refractivity contribution in [3.05, 3.63) is 32.4 Å². The topological polar surface area (TPSA) is 53.4 Å². The summed E-state index contributed by atoms with van der Waals surface area (Å²) in [7, 11) is 1.93. The van der Waals surface area contributed by atoms with E-state index >= 15 is 0 Å². The molecule has 0 unspecified atom stereocenters. The molecule has 2 aromatic rings. The van der Waals surface area contributed by atoms with Crippen LogP contribution < -0.4 is 4.90 Å². The fourth-order valence-electron chi connectivity index (χ4n) is 1.57. The van der Waals surface area contributed by atoms with Gasteiger partial charge < -0.3 is 10.0 Å². The second-order valence-corrected chi connectivity index (χ2v) is 7.64. The molecule has 0 bridgehead atoms. The third kappa shape index (κ3) is 3.13. The second-order valence-electron chi connectivity index (χ2n) is 5.01. The van der Waals surface area contributed by atoms with Crippen LogP contribution in [0.1, 0.15) is 24.4 Å². The van der Waals surface area contributed by atoms with Crippen LogP contribution >= 0.6 is 34.3 Å². The van der Waals surface area contributed by atoms with Gasteiger partial charge in [0.15, 0.2) is 5.13 Å². The smallest absolute Gasteiger partial charge is 0.315 e. The largest absolute Gasteiger partial charge is 0.481 e. The Morgan fingerprint density at radius 3 is 2.75 bits per heavy atom. The summed E-state index contributed by atoms with van der Waals surface area (Å²) in [4.78, 5) is 18.8. The molecule has 0 spiro atoms. The van der Waals surface area contributed by atoms with Crippen LogP contribution in [0.5, 0.6) is 0 Å². The van der Waals surface area contributed by atoms with Crippen LogP contribution in [0.15, 0.2) is 17.5 Å². The normalized spacial score (nSPS) is 11.6. The Hall–Kier alpha value is -1.11. The van der Waals surface area contributed by atoms with Gasteiger partial charge in [0.2, 0.25) is 0 Å². The monoisotopic (exact) mass is 330 g/mol. The first-order valence-corrected chi connectivity index (χ1v) is 8.03. The number of carbonyl (C=O) groups is 1. The van der Waals surface area contributed by atoms with Gasteiger partial charge in [-0.05, 0) is 26.0 Å². The fourth-order valence-corrected chi connectivity index (χ4v) is 3.68. The van der Waals surface area contributed by atoms with Crippen LogP contribution in [-0.4, -0.2) is 23.1 Å². The first-order valence-electron chi connectivity index (χ1n) is 5.95. The molecule has 108 valence electrons. The predicted octanol–water partition coefficient (Wildman–Crippen LogP) is 3.86. The number of hydrogen-bond donors (Lipinski definition) is 1. The third-order valence-electron chi connectivity index (χ3n) is 3.02. The van der Waals surface area contributed by atoms with Crippen molar-refractivity contribution in [1.82, 2.24) is 4.98 Å². The summed E-state index contributed by atoms with van der Waals surface area (Å²) in [5.74, 6) is -0.873. The number of aliphatic carboxylic acids is 1. The molecule has 4 nitrogen and oxygen atoms in total. The van der Waals surface area contributed by atoms with Crippen LogP contribution in [0.3, 0.4) is 0 Å². The molecule has 0 saturated carbocycles. The molecule has 0 atom stereocenters. The lowest BCUT2D eigenvalue weighted by Gasteiger charge is -2.17. The Bertz CT molecular complexity index is 621.